The van der Waals surface area contributed by atoms with Crippen molar-refractivity contribution in [1.82, 2.24) is 14.5 Å². The number of halogens is 1. The highest BCUT2D eigenvalue weighted by Gasteiger charge is 2.11. The summed E-state index contributed by atoms with van der Waals surface area (Å²) in [5, 5.41) is 10.2. The van der Waals surface area contributed by atoms with E-state index < -0.39 is 23.4 Å². The molecule has 3 rings (SSSR count). The van der Waals surface area contributed by atoms with E-state index in [1.165, 1.54) is 19.2 Å². The molecule has 0 saturated carbocycles. The highest BCUT2D eigenvalue weighted by molar-refractivity contribution is 5.95. The number of aliphatic hydroxyl groups is 1. The number of nitrogens with two attached hydrogens (primary N) is 1. The van der Waals surface area contributed by atoms with Crippen molar-refractivity contribution in [3.05, 3.63) is 58.5 Å². The van der Waals surface area contributed by atoms with E-state index in [4.69, 9.17) is 5.73 Å². The number of primary amides is 1. The van der Waals surface area contributed by atoms with Crippen molar-refractivity contribution >= 4 is 23.0 Å². The van der Waals surface area contributed by atoms with Crippen LogP contribution in [0.1, 0.15) is 12.5 Å². The van der Waals surface area contributed by atoms with Crippen LogP contribution in [0, 0.1) is 5.82 Å². The van der Waals surface area contributed by atoms with Gasteiger partial charge in [0.2, 0.25) is 5.91 Å². The molecule has 7 nitrogen and oxygen atoms in total. The van der Waals surface area contributed by atoms with E-state index in [0.29, 0.717) is 27.7 Å². The van der Waals surface area contributed by atoms with E-state index in [1.54, 1.807) is 24.5 Å². The molecular weight excluding hydrogens is 339 g/mol. The second-order valence-electron chi connectivity index (χ2n) is 5.98. The van der Waals surface area contributed by atoms with E-state index in [1.807, 2.05) is 0 Å². The Balaban J connectivity index is 2.10. The molecule has 0 aromatic carbocycles. The summed E-state index contributed by atoms with van der Waals surface area (Å²) in [6.45, 7) is 1.50. The Labute approximate surface area is 147 Å². The maximum absolute atomic E-state index is 14.0. The third-order valence-corrected chi connectivity index (χ3v) is 3.83. The van der Waals surface area contributed by atoms with Crippen LogP contribution in [-0.2, 0) is 11.3 Å². The van der Waals surface area contributed by atoms with Gasteiger partial charge in [-0.15, -0.1) is 0 Å². The first-order chi connectivity index (χ1) is 12.3. The summed E-state index contributed by atoms with van der Waals surface area (Å²) in [6, 6.07) is 2.90. The van der Waals surface area contributed by atoms with Gasteiger partial charge in [0.25, 0.3) is 5.56 Å². The van der Waals surface area contributed by atoms with E-state index in [9.17, 15) is 19.1 Å². The Morgan fingerprint density at radius 2 is 2.23 bits per heavy atom. The van der Waals surface area contributed by atoms with Gasteiger partial charge in [0.1, 0.15) is 5.65 Å². The number of nitrogens with one attached hydrogen (secondary N) is 1. The second kappa shape index (κ2) is 6.93. The number of amides is 1. The van der Waals surface area contributed by atoms with Crippen molar-refractivity contribution in [3.8, 4) is 11.1 Å². The first-order valence-corrected chi connectivity index (χ1v) is 7.88. The largest absolute Gasteiger partial charge is 0.392 e. The SMILES string of the molecule is C[C@H](O)Cn1cc(-c2cnc3[nH]cc(C=CC(N)=O)c3c2)cc(F)c1=O. The molecule has 1 atom stereocenters. The number of carbonyl (C=O) groups excluding carboxylic acids is 1. The molecule has 0 fully saturated rings. The van der Waals surface area contributed by atoms with Gasteiger partial charge in [0.15, 0.2) is 5.82 Å². The third kappa shape index (κ3) is 3.55. The van der Waals surface area contributed by atoms with E-state index in [-0.39, 0.29) is 6.54 Å². The van der Waals surface area contributed by atoms with Crippen molar-refractivity contribution in [3.63, 3.8) is 0 Å². The quantitative estimate of drug-likeness (QED) is 0.600. The molecule has 26 heavy (non-hydrogen) atoms. The van der Waals surface area contributed by atoms with Gasteiger partial charge in [-0.2, -0.15) is 0 Å². The van der Waals surface area contributed by atoms with E-state index in [0.717, 1.165) is 10.6 Å². The molecule has 134 valence electrons. The van der Waals surface area contributed by atoms with Crippen molar-refractivity contribution in [2.24, 2.45) is 5.73 Å². The lowest BCUT2D eigenvalue weighted by Gasteiger charge is -2.11. The third-order valence-electron chi connectivity index (χ3n) is 3.83. The molecule has 3 aromatic heterocycles. The average Bonchev–Trinajstić information content (AvgIpc) is 2.98. The number of aliphatic hydroxyl groups excluding tert-OH is 1. The summed E-state index contributed by atoms with van der Waals surface area (Å²) in [5.74, 6) is -1.48. The monoisotopic (exact) mass is 356 g/mol. The Bertz CT molecular complexity index is 1070. The van der Waals surface area contributed by atoms with Gasteiger partial charge >= 0.3 is 0 Å². The summed E-state index contributed by atoms with van der Waals surface area (Å²) in [7, 11) is 0. The number of aromatic nitrogens is 3. The van der Waals surface area contributed by atoms with Crippen LogP contribution >= 0.6 is 0 Å². The van der Waals surface area contributed by atoms with Gasteiger partial charge in [-0.05, 0) is 25.1 Å². The normalized spacial score (nSPS) is 12.7. The van der Waals surface area contributed by atoms with Crippen LogP contribution in [0.2, 0.25) is 0 Å². The number of nitrogens with zero attached hydrogens (tertiary/aromatic N) is 2. The molecule has 0 saturated heterocycles. The summed E-state index contributed by atoms with van der Waals surface area (Å²) >= 11 is 0. The van der Waals surface area contributed by atoms with Crippen LogP contribution in [0.3, 0.4) is 0 Å². The average molecular weight is 356 g/mol. The lowest BCUT2D eigenvalue weighted by Crippen LogP contribution is -2.27. The van der Waals surface area contributed by atoms with Crippen molar-refractivity contribution in [2.75, 3.05) is 0 Å². The topological polar surface area (TPSA) is 114 Å². The number of hydrogen-bond acceptors (Lipinski definition) is 4. The van der Waals surface area contributed by atoms with Gasteiger partial charge in [0.05, 0.1) is 12.6 Å². The molecular formula is C18H17FN4O3. The highest BCUT2D eigenvalue weighted by atomic mass is 19.1. The summed E-state index contributed by atoms with van der Waals surface area (Å²) < 4.78 is 15.1. The first-order valence-electron chi connectivity index (χ1n) is 7.88. The number of hydrogen-bond donors (Lipinski definition) is 3. The lowest BCUT2D eigenvalue weighted by molar-refractivity contribution is -0.113. The van der Waals surface area contributed by atoms with Crippen LogP contribution in [0.25, 0.3) is 28.2 Å². The molecule has 8 heteroatoms. The maximum atomic E-state index is 14.0. The molecule has 0 aliphatic rings. The van der Waals surface area contributed by atoms with Crippen molar-refractivity contribution in [2.45, 2.75) is 19.6 Å². The first kappa shape index (κ1) is 17.6. The zero-order valence-corrected chi connectivity index (χ0v) is 13.9. The molecule has 0 radical (unpaired) electrons. The highest BCUT2D eigenvalue weighted by Crippen LogP contribution is 2.25. The molecule has 0 aliphatic carbocycles. The standard InChI is InChI=1S/C18H17FN4O3/c1-10(24)8-23-9-13(5-15(19)18(23)26)12-4-14-11(2-3-16(20)25)6-21-17(14)22-7-12/h2-7,9-10,24H,8H2,1H3,(H2,20,25)(H,21,22)/t10-/m0/s1. The number of fused-ring (bicyclic) bond motifs is 1. The number of pyridine rings is 2. The van der Waals surface area contributed by atoms with E-state index in [2.05, 4.69) is 9.97 Å². The number of H-pyrrole nitrogens is 1. The van der Waals surface area contributed by atoms with Crippen LogP contribution < -0.4 is 11.3 Å². The number of aromatic amines is 1. The molecule has 0 bridgehead atoms. The molecule has 1 amide bonds. The van der Waals surface area contributed by atoms with Crippen LogP contribution in [-0.4, -0.2) is 31.7 Å². The van der Waals surface area contributed by atoms with Gasteiger partial charge < -0.3 is 20.4 Å². The minimum Gasteiger partial charge on any atom is -0.392 e. The van der Waals surface area contributed by atoms with Crippen LogP contribution in [0.4, 0.5) is 4.39 Å². The Hall–Kier alpha value is -3.26. The smallest absolute Gasteiger partial charge is 0.286 e. The van der Waals surface area contributed by atoms with Gasteiger partial charge in [-0.3, -0.25) is 9.59 Å². The van der Waals surface area contributed by atoms with E-state index >= 15 is 0 Å². The number of carbonyl (C=O) groups is 1. The van der Waals surface area contributed by atoms with Gasteiger partial charge in [-0.1, -0.05) is 0 Å². The molecule has 3 heterocycles. The predicted octanol–water partition coefficient (Wildman–Crippen LogP) is 1.41. The predicted molar refractivity (Wildman–Crippen MR) is 95.7 cm³/mol. The van der Waals surface area contributed by atoms with Crippen molar-refractivity contribution in [1.29, 1.82) is 0 Å². The fourth-order valence-corrected chi connectivity index (χ4v) is 2.67. The fourth-order valence-electron chi connectivity index (χ4n) is 2.67. The Morgan fingerprint density at radius 1 is 1.46 bits per heavy atom. The minimum atomic E-state index is -0.911. The molecule has 3 aromatic rings. The van der Waals surface area contributed by atoms with Gasteiger partial charge in [-0.25, -0.2) is 9.37 Å². The maximum Gasteiger partial charge on any atom is 0.286 e. The fraction of sp³-hybridized carbons (Fsp3) is 0.167. The summed E-state index contributed by atoms with van der Waals surface area (Å²) in [6.07, 6.45) is 6.70. The lowest BCUT2D eigenvalue weighted by atomic mass is 10.1. The summed E-state index contributed by atoms with van der Waals surface area (Å²) in [5.41, 5.74) is 6.65. The minimum absolute atomic E-state index is 0.0178. The van der Waals surface area contributed by atoms with Crippen LogP contribution in [0.5, 0.6) is 0 Å². The molecule has 4 N–H and O–H groups in total. The molecule has 0 unspecified atom stereocenters. The van der Waals surface area contributed by atoms with Crippen molar-refractivity contribution < 1.29 is 14.3 Å². The second-order valence-corrected chi connectivity index (χ2v) is 5.98. The Kier molecular flexibility index (Phi) is 4.68. The molecule has 0 aliphatic heterocycles. The van der Waals surface area contributed by atoms with Gasteiger partial charge in [0, 0.05) is 46.7 Å². The Morgan fingerprint density at radius 3 is 2.92 bits per heavy atom. The van der Waals surface area contributed by atoms with Crippen LogP contribution in [0.15, 0.2) is 41.6 Å². The summed E-state index contributed by atoms with van der Waals surface area (Å²) in [4.78, 5) is 30.0. The molecule has 0 spiro atoms. The number of rotatable bonds is 5. The zero-order chi connectivity index (χ0) is 18.8. The zero-order valence-electron chi connectivity index (χ0n) is 13.9.